The van der Waals surface area contributed by atoms with E-state index in [4.69, 9.17) is 4.74 Å². The quantitative estimate of drug-likeness (QED) is 0.726. The number of nitrogens with zero attached hydrogens (tertiary/aromatic N) is 2. The van der Waals surface area contributed by atoms with Crippen molar-refractivity contribution < 1.29 is 9.53 Å². The molecule has 2 aromatic carbocycles. The van der Waals surface area contributed by atoms with Crippen LogP contribution in [0.15, 0.2) is 54.9 Å². The molecule has 3 rings (SSSR count). The fourth-order valence-electron chi connectivity index (χ4n) is 2.40. The van der Waals surface area contributed by atoms with Crippen molar-refractivity contribution in [2.45, 2.75) is 13.8 Å². The van der Waals surface area contributed by atoms with E-state index in [-0.39, 0.29) is 5.91 Å². The fraction of sp³-hybridized carbons (Fsp3) is 0.150. The molecular weight excluding hydrogens is 328 g/mol. The number of anilines is 3. The Morgan fingerprint density at radius 3 is 2.42 bits per heavy atom. The van der Waals surface area contributed by atoms with Gasteiger partial charge in [-0.1, -0.05) is 18.2 Å². The summed E-state index contributed by atoms with van der Waals surface area (Å²) in [4.78, 5) is 20.8. The molecule has 0 spiro atoms. The zero-order valence-electron chi connectivity index (χ0n) is 14.9. The number of aryl methyl sites for hydroxylation is 2. The largest absolute Gasteiger partial charge is 0.495 e. The minimum Gasteiger partial charge on any atom is -0.495 e. The van der Waals surface area contributed by atoms with Crippen molar-refractivity contribution in [3.05, 3.63) is 71.5 Å². The second-order valence-electron chi connectivity index (χ2n) is 5.87. The van der Waals surface area contributed by atoms with Gasteiger partial charge in [0.15, 0.2) is 0 Å². The van der Waals surface area contributed by atoms with Crippen LogP contribution in [0.3, 0.4) is 0 Å². The van der Waals surface area contributed by atoms with E-state index in [9.17, 15) is 4.79 Å². The molecule has 6 heteroatoms. The van der Waals surface area contributed by atoms with E-state index < -0.39 is 0 Å². The van der Waals surface area contributed by atoms with E-state index in [1.807, 2.05) is 56.3 Å². The fourth-order valence-corrected chi connectivity index (χ4v) is 2.40. The third kappa shape index (κ3) is 3.97. The summed E-state index contributed by atoms with van der Waals surface area (Å²) in [5.41, 5.74) is 4.18. The van der Waals surface area contributed by atoms with Gasteiger partial charge in [-0.05, 0) is 49.2 Å². The molecule has 0 aliphatic rings. The van der Waals surface area contributed by atoms with E-state index in [1.54, 1.807) is 7.11 Å². The molecule has 6 nitrogen and oxygen atoms in total. The Bertz CT molecular complexity index is 923. The summed E-state index contributed by atoms with van der Waals surface area (Å²) in [7, 11) is 1.60. The number of hydrogen-bond acceptors (Lipinski definition) is 5. The smallest absolute Gasteiger partial charge is 0.258 e. The van der Waals surface area contributed by atoms with Gasteiger partial charge >= 0.3 is 0 Å². The molecule has 26 heavy (non-hydrogen) atoms. The molecule has 0 aliphatic heterocycles. The van der Waals surface area contributed by atoms with Crippen LogP contribution in [0.25, 0.3) is 0 Å². The van der Waals surface area contributed by atoms with Gasteiger partial charge in [0.05, 0.1) is 18.4 Å². The molecule has 3 aromatic rings. The maximum atomic E-state index is 12.3. The average Bonchev–Trinajstić information content (AvgIpc) is 2.66. The van der Waals surface area contributed by atoms with Gasteiger partial charge in [-0.3, -0.25) is 4.79 Å². The first-order valence-corrected chi connectivity index (χ1v) is 8.17. The number of hydrogen-bond donors (Lipinski definition) is 2. The Morgan fingerprint density at radius 2 is 1.73 bits per heavy atom. The lowest BCUT2D eigenvalue weighted by molar-refractivity contribution is 0.102. The number of rotatable bonds is 5. The van der Waals surface area contributed by atoms with Crippen molar-refractivity contribution in [2.75, 3.05) is 17.7 Å². The summed E-state index contributed by atoms with van der Waals surface area (Å²) in [5, 5.41) is 5.93. The Morgan fingerprint density at radius 1 is 1.00 bits per heavy atom. The van der Waals surface area contributed by atoms with Crippen molar-refractivity contribution in [1.82, 2.24) is 9.97 Å². The summed E-state index contributed by atoms with van der Waals surface area (Å²) in [6.45, 7) is 4.04. The zero-order valence-corrected chi connectivity index (χ0v) is 14.9. The van der Waals surface area contributed by atoms with Crippen molar-refractivity contribution >= 4 is 23.2 Å². The van der Waals surface area contributed by atoms with E-state index in [1.165, 1.54) is 18.0 Å². The molecule has 0 radical (unpaired) electrons. The normalized spacial score (nSPS) is 10.3. The molecule has 0 bridgehead atoms. The number of para-hydroxylation sites is 2. The number of amides is 1. The summed E-state index contributed by atoms with van der Waals surface area (Å²) in [6, 6.07) is 13.3. The second kappa shape index (κ2) is 7.65. The first-order valence-electron chi connectivity index (χ1n) is 8.17. The first kappa shape index (κ1) is 17.4. The molecule has 1 amide bonds. The maximum Gasteiger partial charge on any atom is 0.258 e. The van der Waals surface area contributed by atoms with Crippen LogP contribution in [0.4, 0.5) is 17.3 Å². The van der Waals surface area contributed by atoms with E-state index in [0.29, 0.717) is 17.3 Å². The number of carbonyl (C=O) groups is 1. The topological polar surface area (TPSA) is 76.1 Å². The predicted octanol–water partition coefficient (Wildman–Crippen LogP) is 4.10. The SMILES string of the molecule is COc1ccccc1Nc1ncc(C(=O)Nc2ccc(C)c(C)c2)cn1. The summed E-state index contributed by atoms with van der Waals surface area (Å²) in [6.07, 6.45) is 2.97. The van der Waals surface area contributed by atoms with Crippen LogP contribution in [0.2, 0.25) is 0 Å². The van der Waals surface area contributed by atoms with Crippen LogP contribution in [0.5, 0.6) is 5.75 Å². The Kier molecular flexibility index (Phi) is 5.12. The molecule has 0 atom stereocenters. The Balaban J connectivity index is 1.70. The van der Waals surface area contributed by atoms with Gasteiger partial charge in [0.2, 0.25) is 5.95 Å². The molecule has 0 aliphatic carbocycles. The number of nitrogens with one attached hydrogen (secondary N) is 2. The van der Waals surface area contributed by atoms with Crippen LogP contribution >= 0.6 is 0 Å². The predicted molar refractivity (Wildman–Crippen MR) is 102 cm³/mol. The number of benzene rings is 2. The molecule has 0 fully saturated rings. The first-order chi connectivity index (χ1) is 12.6. The lowest BCUT2D eigenvalue weighted by atomic mass is 10.1. The molecule has 0 saturated heterocycles. The highest BCUT2D eigenvalue weighted by atomic mass is 16.5. The average molecular weight is 348 g/mol. The molecule has 2 N–H and O–H groups in total. The third-order valence-electron chi connectivity index (χ3n) is 4.03. The highest BCUT2D eigenvalue weighted by Crippen LogP contribution is 2.25. The lowest BCUT2D eigenvalue weighted by Crippen LogP contribution is -2.13. The van der Waals surface area contributed by atoms with E-state index in [2.05, 4.69) is 20.6 Å². The maximum absolute atomic E-state index is 12.3. The molecule has 132 valence electrons. The van der Waals surface area contributed by atoms with Gasteiger partial charge < -0.3 is 15.4 Å². The van der Waals surface area contributed by atoms with Crippen molar-refractivity contribution in [3.63, 3.8) is 0 Å². The van der Waals surface area contributed by atoms with Crippen molar-refractivity contribution in [3.8, 4) is 5.75 Å². The van der Waals surface area contributed by atoms with E-state index >= 15 is 0 Å². The second-order valence-corrected chi connectivity index (χ2v) is 5.87. The van der Waals surface area contributed by atoms with Gasteiger partial charge in [-0.15, -0.1) is 0 Å². The van der Waals surface area contributed by atoms with Gasteiger partial charge in [0.1, 0.15) is 5.75 Å². The van der Waals surface area contributed by atoms with Crippen molar-refractivity contribution in [1.29, 1.82) is 0 Å². The number of ether oxygens (including phenoxy) is 1. The zero-order chi connectivity index (χ0) is 18.5. The molecule has 0 unspecified atom stereocenters. The summed E-state index contributed by atoms with van der Waals surface area (Å²) >= 11 is 0. The third-order valence-corrected chi connectivity index (χ3v) is 4.03. The molecule has 0 saturated carbocycles. The van der Waals surface area contributed by atoms with E-state index in [0.717, 1.165) is 16.9 Å². The number of carbonyl (C=O) groups excluding carboxylic acids is 1. The van der Waals surface area contributed by atoms with Gasteiger partial charge in [-0.2, -0.15) is 0 Å². The van der Waals surface area contributed by atoms with Crippen LogP contribution in [-0.4, -0.2) is 23.0 Å². The monoisotopic (exact) mass is 348 g/mol. The van der Waals surface area contributed by atoms with Gasteiger partial charge in [-0.25, -0.2) is 9.97 Å². The minimum absolute atomic E-state index is 0.253. The van der Waals surface area contributed by atoms with Crippen LogP contribution in [-0.2, 0) is 0 Å². The van der Waals surface area contributed by atoms with Gasteiger partial charge in [0, 0.05) is 18.1 Å². The van der Waals surface area contributed by atoms with Crippen LogP contribution in [0, 0.1) is 13.8 Å². The van der Waals surface area contributed by atoms with Crippen LogP contribution in [0.1, 0.15) is 21.5 Å². The van der Waals surface area contributed by atoms with Crippen molar-refractivity contribution in [2.24, 2.45) is 0 Å². The Hall–Kier alpha value is -3.41. The minimum atomic E-state index is -0.253. The Labute approximate surface area is 152 Å². The highest BCUT2D eigenvalue weighted by Gasteiger charge is 2.09. The standard InChI is InChI=1S/C20H20N4O2/c1-13-8-9-16(10-14(13)2)23-19(25)15-11-21-20(22-12-15)24-17-6-4-5-7-18(17)26-3/h4-12H,1-3H3,(H,23,25)(H,21,22,24). The lowest BCUT2D eigenvalue weighted by Gasteiger charge is -2.10. The highest BCUT2D eigenvalue weighted by molar-refractivity contribution is 6.04. The molecule has 1 heterocycles. The summed E-state index contributed by atoms with van der Waals surface area (Å²) < 4.78 is 5.28. The summed E-state index contributed by atoms with van der Waals surface area (Å²) in [5.74, 6) is 0.821. The molecular formula is C20H20N4O2. The van der Waals surface area contributed by atoms with Crippen LogP contribution < -0.4 is 15.4 Å². The van der Waals surface area contributed by atoms with Gasteiger partial charge in [0.25, 0.3) is 5.91 Å². The number of aromatic nitrogens is 2. The number of methoxy groups -OCH3 is 1. The molecule has 1 aromatic heterocycles.